The number of carbonyl (C=O) groups excluding carboxylic acids is 1. The lowest BCUT2D eigenvalue weighted by Gasteiger charge is -2.32. The molecule has 0 radical (unpaired) electrons. The maximum atomic E-state index is 11.6. The van der Waals surface area contributed by atoms with Gasteiger partial charge in [-0.2, -0.15) is 0 Å². The zero-order valence-corrected chi connectivity index (χ0v) is 14.9. The molecule has 1 N–H and O–H groups in total. The molecule has 0 saturated carbocycles. The molecule has 0 unspecified atom stereocenters. The van der Waals surface area contributed by atoms with Gasteiger partial charge in [-0.05, 0) is 57.8 Å². The van der Waals surface area contributed by atoms with E-state index in [-0.39, 0.29) is 12.4 Å². The standard InChI is InChI=1S/C17H22BClO4/c1-11(21)14-9-12(6-7-15(14)19)8-13(10-20)18-22-16(2,3)17(4,5)23-18/h6-9,20H,10H2,1-5H3. The van der Waals surface area contributed by atoms with Gasteiger partial charge in [0, 0.05) is 5.56 Å². The minimum absolute atomic E-state index is 0.105. The number of carbonyl (C=O) groups is 1. The predicted molar refractivity (Wildman–Crippen MR) is 92.6 cm³/mol. The molecule has 0 bridgehead atoms. The fourth-order valence-electron chi connectivity index (χ4n) is 2.30. The predicted octanol–water partition coefficient (Wildman–Crippen LogP) is 3.55. The van der Waals surface area contributed by atoms with Gasteiger partial charge in [-0.25, -0.2) is 0 Å². The minimum atomic E-state index is -0.624. The Kier molecular flexibility index (Phi) is 5.07. The number of hydrogen-bond acceptors (Lipinski definition) is 4. The maximum absolute atomic E-state index is 11.6. The van der Waals surface area contributed by atoms with Gasteiger partial charge in [0.2, 0.25) is 0 Å². The number of aliphatic hydroxyl groups excluding tert-OH is 1. The van der Waals surface area contributed by atoms with Crippen LogP contribution in [0, 0.1) is 0 Å². The van der Waals surface area contributed by atoms with Crippen LogP contribution in [0.15, 0.2) is 23.7 Å². The van der Waals surface area contributed by atoms with Gasteiger partial charge in [0.1, 0.15) is 0 Å². The Labute approximate surface area is 142 Å². The largest absolute Gasteiger partial charge is 0.492 e. The fourth-order valence-corrected chi connectivity index (χ4v) is 2.55. The van der Waals surface area contributed by atoms with E-state index < -0.39 is 18.3 Å². The van der Waals surface area contributed by atoms with Crippen LogP contribution in [-0.4, -0.2) is 35.8 Å². The van der Waals surface area contributed by atoms with E-state index in [0.29, 0.717) is 16.1 Å². The molecule has 1 aromatic rings. The van der Waals surface area contributed by atoms with Gasteiger partial charge >= 0.3 is 7.12 Å². The van der Waals surface area contributed by atoms with E-state index in [2.05, 4.69) is 0 Å². The molecular weight excluding hydrogens is 314 g/mol. The molecule has 124 valence electrons. The van der Waals surface area contributed by atoms with Gasteiger partial charge in [0.15, 0.2) is 5.78 Å². The number of ketones is 1. The van der Waals surface area contributed by atoms with Crippen molar-refractivity contribution in [3.8, 4) is 0 Å². The molecule has 0 atom stereocenters. The smallest absolute Gasteiger partial charge is 0.400 e. The molecule has 0 aromatic heterocycles. The summed E-state index contributed by atoms with van der Waals surface area (Å²) in [7, 11) is -0.624. The van der Waals surface area contributed by atoms with Crippen molar-refractivity contribution >= 4 is 30.6 Å². The average molecular weight is 337 g/mol. The lowest BCUT2D eigenvalue weighted by molar-refractivity contribution is 0.00578. The highest BCUT2D eigenvalue weighted by Crippen LogP contribution is 2.38. The number of hydrogen-bond donors (Lipinski definition) is 1. The zero-order valence-electron chi connectivity index (χ0n) is 14.1. The Morgan fingerprint density at radius 1 is 1.26 bits per heavy atom. The first-order valence-electron chi connectivity index (χ1n) is 7.55. The Bertz CT molecular complexity index is 636. The molecule has 0 amide bonds. The van der Waals surface area contributed by atoms with Crippen LogP contribution < -0.4 is 0 Å². The first kappa shape index (κ1) is 18.2. The topological polar surface area (TPSA) is 55.8 Å². The first-order valence-corrected chi connectivity index (χ1v) is 7.92. The van der Waals surface area contributed by atoms with E-state index >= 15 is 0 Å². The lowest BCUT2D eigenvalue weighted by atomic mass is 9.77. The molecule has 4 nitrogen and oxygen atoms in total. The highest BCUT2D eigenvalue weighted by atomic mass is 35.5. The summed E-state index contributed by atoms with van der Waals surface area (Å²) in [6, 6.07) is 5.16. The molecule has 1 aliphatic rings. The highest BCUT2D eigenvalue weighted by molar-refractivity contribution is 6.55. The van der Waals surface area contributed by atoms with Crippen molar-refractivity contribution in [3.63, 3.8) is 0 Å². The molecule has 1 aromatic carbocycles. The SMILES string of the molecule is CC(=O)c1cc(C=C(CO)B2OC(C)(C)C(C)(C)O2)ccc1Cl. The van der Waals surface area contributed by atoms with Crippen LogP contribution in [0.1, 0.15) is 50.5 Å². The van der Waals surface area contributed by atoms with Crippen molar-refractivity contribution in [2.75, 3.05) is 6.61 Å². The first-order chi connectivity index (χ1) is 10.6. The van der Waals surface area contributed by atoms with Gasteiger partial charge in [0.05, 0.1) is 22.8 Å². The summed E-state index contributed by atoms with van der Waals surface area (Å²) in [5.74, 6) is -0.105. The van der Waals surface area contributed by atoms with Gasteiger partial charge in [-0.1, -0.05) is 23.7 Å². The summed E-state index contributed by atoms with van der Waals surface area (Å²) in [4.78, 5) is 11.6. The second-order valence-electron chi connectivity index (χ2n) is 6.76. The number of halogens is 1. The van der Waals surface area contributed by atoms with Crippen molar-refractivity contribution in [2.24, 2.45) is 0 Å². The van der Waals surface area contributed by atoms with Crippen LogP contribution >= 0.6 is 11.6 Å². The second kappa shape index (κ2) is 6.40. The lowest BCUT2D eigenvalue weighted by Crippen LogP contribution is -2.41. The van der Waals surface area contributed by atoms with Crippen molar-refractivity contribution in [1.29, 1.82) is 0 Å². The summed E-state index contributed by atoms with van der Waals surface area (Å²) >= 11 is 6.02. The van der Waals surface area contributed by atoms with Crippen molar-refractivity contribution in [2.45, 2.75) is 45.8 Å². The Hall–Kier alpha value is -1.14. The van der Waals surface area contributed by atoms with E-state index in [4.69, 9.17) is 20.9 Å². The van der Waals surface area contributed by atoms with Crippen LogP contribution in [-0.2, 0) is 9.31 Å². The van der Waals surface area contributed by atoms with Gasteiger partial charge < -0.3 is 14.4 Å². The molecule has 0 aliphatic carbocycles. The van der Waals surface area contributed by atoms with Crippen LogP contribution in [0.3, 0.4) is 0 Å². The average Bonchev–Trinajstić information content (AvgIpc) is 2.66. The molecule has 1 saturated heterocycles. The Balaban J connectivity index is 2.34. The summed E-state index contributed by atoms with van der Waals surface area (Å²) in [6.45, 7) is 9.09. The van der Waals surface area contributed by atoms with E-state index in [0.717, 1.165) is 5.56 Å². The van der Waals surface area contributed by atoms with Crippen LogP contribution in [0.5, 0.6) is 0 Å². The zero-order chi connectivity index (χ0) is 17.4. The fraction of sp³-hybridized carbons (Fsp3) is 0.471. The molecule has 1 fully saturated rings. The molecule has 23 heavy (non-hydrogen) atoms. The van der Waals surface area contributed by atoms with Crippen LogP contribution in [0.25, 0.3) is 6.08 Å². The molecule has 2 rings (SSSR count). The van der Waals surface area contributed by atoms with Gasteiger partial charge in [-0.3, -0.25) is 4.79 Å². The maximum Gasteiger partial charge on any atom is 0.492 e. The number of Topliss-reactive ketones (excluding diaryl/α,β-unsaturated/α-hetero) is 1. The van der Waals surface area contributed by atoms with Gasteiger partial charge in [-0.15, -0.1) is 0 Å². The van der Waals surface area contributed by atoms with E-state index in [1.807, 2.05) is 27.7 Å². The minimum Gasteiger partial charge on any atom is -0.400 e. The summed E-state index contributed by atoms with van der Waals surface area (Å²) in [5.41, 5.74) is 0.859. The van der Waals surface area contributed by atoms with Gasteiger partial charge in [0.25, 0.3) is 0 Å². The van der Waals surface area contributed by atoms with Crippen molar-refractivity contribution in [3.05, 3.63) is 39.8 Å². The summed E-state index contributed by atoms with van der Waals surface area (Å²) in [6.07, 6.45) is 1.77. The molecule has 0 spiro atoms. The Morgan fingerprint density at radius 2 is 1.83 bits per heavy atom. The highest BCUT2D eigenvalue weighted by Gasteiger charge is 2.52. The third-order valence-electron chi connectivity index (χ3n) is 4.46. The molecule has 1 heterocycles. The number of aliphatic hydroxyl groups is 1. The molecule has 6 heteroatoms. The van der Waals surface area contributed by atoms with Crippen LogP contribution in [0.2, 0.25) is 5.02 Å². The van der Waals surface area contributed by atoms with Crippen molar-refractivity contribution < 1.29 is 19.2 Å². The summed E-state index contributed by atoms with van der Waals surface area (Å²) in [5, 5.41) is 10.1. The van der Waals surface area contributed by atoms with Crippen LogP contribution in [0.4, 0.5) is 0 Å². The van der Waals surface area contributed by atoms with E-state index in [1.54, 1.807) is 24.3 Å². The Morgan fingerprint density at radius 3 is 2.30 bits per heavy atom. The second-order valence-corrected chi connectivity index (χ2v) is 7.17. The third-order valence-corrected chi connectivity index (χ3v) is 4.79. The molecule has 1 aliphatic heterocycles. The normalized spacial score (nSPS) is 20.0. The quantitative estimate of drug-likeness (QED) is 0.675. The number of rotatable bonds is 4. The molecular formula is C17H22BClO4. The van der Waals surface area contributed by atoms with Crippen molar-refractivity contribution in [1.82, 2.24) is 0 Å². The monoisotopic (exact) mass is 336 g/mol. The van der Waals surface area contributed by atoms with E-state index in [1.165, 1.54) is 6.92 Å². The number of benzene rings is 1. The summed E-state index contributed by atoms with van der Waals surface area (Å²) < 4.78 is 11.9. The third kappa shape index (κ3) is 3.69. The van der Waals surface area contributed by atoms with E-state index in [9.17, 15) is 9.90 Å².